The third-order valence-corrected chi connectivity index (χ3v) is 3.08. The maximum atomic E-state index is 10.9. The van der Waals surface area contributed by atoms with Crippen molar-refractivity contribution in [3.8, 4) is 0 Å². The minimum Gasteiger partial charge on any atom is -0.325 e. The quantitative estimate of drug-likeness (QED) is 0.358. The molecule has 20 heavy (non-hydrogen) atoms. The van der Waals surface area contributed by atoms with E-state index in [9.17, 15) is 13.2 Å². The van der Waals surface area contributed by atoms with Crippen LogP contribution < -0.4 is 0 Å². The second-order valence-corrected chi connectivity index (χ2v) is 5.48. The van der Waals surface area contributed by atoms with Gasteiger partial charge in [0.1, 0.15) is 0 Å². The molecule has 0 fully saturated rings. The van der Waals surface area contributed by atoms with Crippen molar-refractivity contribution >= 4 is 75.5 Å². The Morgan fingerprint density at radius 2 is 1.30 bits per heavy atom. The number of rotatable bonds is 11. The maximum absolute atomic E-state index is 10.9. The molecule has 0 amide bonds. The summed E-state index contributed by atoms with van der Waals surface area (Å²) < 4.78 is 32.5. The van der Waals surface area contributed by atoms with Gasteiger partial charge in [-0.3, -0.25) is 9.35 Å². The van der Waals surface area contributed by atoms with E-state index in [-0.39, 0.29) is 65.5 Å². The molecular weight excluding hydrogens is 302 g/mol. The Labute approximate surface area is 167 Å². The normalized spacial score (nSPS) is 10.3. The fourth-order valence-electron chi connectivity index (χ4n) is 1.74. The van der Waals surface area contributed by atoms with Gasteiger partial charge >= 0.3 is 16.4 Å². The van der Waals surface area contributed by atoms with E-state index in [0.717, 1.165) is 19.3 Å². The largest absolute Gasteiger partial charge is 0.448 e. The van der Waals surface area contributed by atoms with Crippen molar-refractivity contribution in [2.24, 2.45) is 0 Å². The molecule has 0 spiro atoms. The maximum Gasteiger partial charge on any atom is 0.448 e. The number of unbranched alkanes of at least 4 members (excludes halogenated alkanes) is 8. The van der Waals surface area contributed by atoms with Gasteiger partial charge in [-0.1, -0.05) is 58.3 Å². The summed E-state index contributed by atoms with van der Waals surface area (Å²) in [5.41, 5.74) is 0. The fraction of sp³-hybridized carbons (Fsp3) is 0.917. The van der Waals surface area contributed by atoms with Crippen LogP contribution in [0.15, 0.2) is 0 Å². The molecule has 2 radical (unpaired) electrons. The average Bonchev–Trinajstić information content (AvgIpc) is 2.24. The summed E-state index contributed by atoms with van der Waals surface area (Å²) in [6.45, 7) is 2.19. The summed E-state index contributed by atoms with van der Waals surface area (Å²) in [5.74, 6) is -0.888. The van der Waals surface area contributed by atoms with E-state index < -0.39 is 16.4 Å². The Bertz CT molecular complexity index is 320. The molecule has 0 saturated carbocycles. The molecule has 0 aliphatic carbocycles. The molecule has 0 aromatic heterocycles. The van der Waals surface area contributed by atoms with Crippen molar-refractivity contribution in [3.05, 3.63) is 0 Å². The first kappa shape index (κ1) is 26.3. The molecule has 0 aromatic rings. The van der Waals surface area contributed by atoms with Crippen LogP contribution in [0.2, 0.25) is 0 Å². The first-order chi connectivity index (χ1) is 8.45. The SMILES string of the molecule is CCCCCCCCCCCC(=O)OS(=O)(=O)O.[Na].[Na]. The third kappa shape index (κ3) is 21.7. The molecular formula is C12H24Na2O5S. The van der Waals surface area contributed by atoms with Crippen molar-refractivity contribution in [1.82, 2.24) is 0 Å². The van der Waals surface area contributed by atoms with Crippen LogP contribution in [0.1, 0.15) is 71.1 Å². The van der Waals surface area contributed by atoms with Crippen LogP contribution in [-0.4, -0.2) is 78.1 Å². The summed E-state index contributed by atoms with van der Waals surface area (Å²) in [4.78, 5) is 10.9. The fourth-order valence-corrected chi connectivity index (χ4v) is 2.06. The molecule has 1 N–H and O–H groups in total. The van der Waals surface area contributed by atoms with Crippen LogP contribution in [0.4, 0.5) is 0 Å². The van der Waals surface area contributed by atoms with Gasteiger partial charge in [-0.15, -0.1) is 0 Å². The molecule has 0 saturated heterocycles. The van der Waals surface area contributed by atoms with Crippen molar-refractivity contribution in [2.75, 3.05) is 0 Å². The van der Waals surface area contributed by atoms with Gasteiger partial charge in [0.15, 0.2) is 0 Å². The number of carbonyl (C=O) groups is 1. The number of carbonyl (C=O) groups excluding carboxylic acids is 1. The summed E-state index contributed by atoms with van der Waals surface area (Å²) in [6.07, 6.45) is 10.0. The van der Waals surface area contributed by atoms with Crippen LogP contribution in [-0.2, 0) is 19.4 Å². The second kappa shape index (κ2) is 16.7. The van der Waals surface area contributed by atoms with Gasteiger partial charge in [-0.2, -0.15) is 8.42 Å². The van der Waals surface area contributed by atoms with Crippen molar-refractivity contribution in [1.29, 1.82) is 0 Å². The number of hydrogen-bond donors (Lipinski definition) is 1. The smallest absolute Gasteiger partial charge is 0.325 e. The van der Waals surface area contributed by atoms with E-state index in [2.05, 4.69) is 11.1 Å². The zero-order chi connectivity index (χ0) is 13.9. The molecule has 5 nitrogen and oxygen atoms in total. The Morgan fingerprint density at radius 1 is 0.900 bits per heavy atom. The molecule has 8 heteroatoms. The molecule has 0 aliphatic heterocycles. The average molecular weight is 326 g/mol. The van der Waals surface area contributed by atoms with E-state index in [4.69, 9.17) is 4.55 Å². The van der Waals surface area contributed by atoms with E-state index in [1.54, 1.807) is 0 Å². The molecule has 0 aromatic carbocycles. The first-order valence-electron chi connectivity index (χ1n) is 6.65. The summed E-state index contributed by atoms with van der Waals surface area (Å²) >= 11 is 0. The van der Waals surface area contributed by atoms with E-state index in [0.29, 0.717) is 6.42 Å². The molecule has 0 heterocycles. The predicted molar refractivity (Wildman–Crippen MR) is 81.0 cm³/mol. The molecule has 0 rings (SSSR count). The van der Waals surface area contributed by atoms with Crippen LogP contribution in [0, 0.1) is 0 Å². The summed E-state index contributed by atoms with van der Waals surface area (Å²) in [7, 11) is -4.63. The Balaban J connectivity index is -0.00000144. The molecule has 0 atom stereocenters. The Morgan fingerprint density at radius 3 is 1.70 bits per heavy atom. The zero-order valence-electron chi connectivity index (χ0n) is 13.1. The van der Waals surface area contributed by atoms with Gasteiger partial charge in [0.05, 0.1) is 0 Å². The minimum atomic E-state index is -4.63. The van der Waals surface area contributed by atoms with Gasteiger partial charge < -0.3 is 4.18 Å². The van der Waals surface area contributed by atoms with E-state index in [1.165, 1.54) is 32.1 Å². The minimum absolute atomic E-state index is 0. The first-order valence-corrected chi connectivity index (χ1v) is 8.02. The number of hydrogen-bond acceptors (Lipinski definition) is 4. The van der Waals surface area contributed by atoms with Crippen molar-refractivity contribution in [3.63, 3.8) is 0 Å². The van der Waals surface area contributed by atoms with Crippen LogP contribution in [0.25, 0.3) is 0 Å². The van der Waals surface area contributed by atoms with Crippen LogP contribution >= 0.6 is 0 Å². The zero-order valence-corrected chi connectivity index (χ0v) is 17.9. The van der Waals surface area contributed by atoms with Gasteiger partial charge in [-0.05, 0) is 6.42 Å². The molecule has 110 valence electrons. The molecule has 0 unspecified atom stereocenters. The van der Waals surface area contributed by atoms with E-state index in [1.807, 2.05) is 0 Å². The Kier molecular flexibility index (Phi) is 22.0. The van der Waals surface area contributed by atoms with Gasteiger partial charge in [-0.25, -0.2) is 0 Å². The van der Waals surface area contributed by atoms with Crippen molar-refractivity contribution < 1.29 is 21.9 Å². The second-order valence-electron chi connectivity index (χ2n) is 4.46. The monoisotopic (exact) mass is 326 g/mol. The topological polar surface area (TPSA) is 80.7 Å². The van der Waals surface area contributed by atoms with Gasteiger partial charge in [0.25, 0.3) is 0 Å². The molecule has 0 aliphatic rings. The summed E-state index contributed by atoms with van der Waals surface area (Å²) in [6, 6.07) is 0. The van der Waals surface area contributed by atoms with Crippen LogP contribution in [0.5, 0.6) is 0 Å². The third-order valence-electron chi connectivity index (χ3n) is 2.68. The molecule has 0 bridgehead atoms. The van der Waals surface area contributed by atoms with Crippen molar-refractivity contribution in [2.45, 2.75) is 71.1 Å². The predicted octanol–water partition coefficient (Wildman–Crippen LogP) is 2.49. The van der Waals surface area contributed by atoms with Gasteiger partial charge in [0.2, 0.25) is 0 Å². The summed E-state index contributed by atoms with van der Waals surface area (Å²) in [5, 5.41) is 0. The standard InChI is InChI=1S/C12H24O5S.2Na/c1-2-3-4-5-6-7-8-9-10-11-12(13)17-18(14,15)16;;/h2-11H2,1H3,(H,14,15,16);;. The van der Waals surface area contributed by atoms with E-state index >= 15 is 0 Å². The van der Waals surface area contributed by atoms with Gasteiger partial charge in [0, 0.05) is 65.5 Å². The Hall–Kier alpha value is 1.38. The van der Waals surface area contributed by atoms with Crippen LogP contribution in [0.3, 0.4) is 0 Å².